The molecule has 0 saturated heterocycles. The summed E-state index contributed by atoms with van der Waals surface area (Å²) < 4.78 is 18.9. The van der Waals surface area contributed by atoms with Crippen molar-refractivity contribution < 1.29 is 9.13 Å². The topological polar surface area (TPSA) is 9.23 Å². The van der Waals surface area contributed by atoms with Gasteiger partial charge in [0.25, 0.3) is 0 Å². The normalized spacial score (nSPS) is 32.3. The van der Waals surface area contributed by atoms with E-state index in [4.69, 9.17) is 4.74 Å². The second-order valence-corrected chi connectivity index (χ2v) is 6.73. The fraction of sp³-hybridized carbons (Fsp3) is 0.579. The Morgan fingerprint density at radius 2 is 1.90 bits per heavy atom. The number of methoxy groups -OCH3 is 1. The molecule has 0 aliphatic heterocycles. The third-order valence-electron chi connectivity index (χ3n) is 5.63. The third-order valence-corrected chi connectivity index (χ3v) is 5.63. The maximum atomic E-state index is 13.9. The lowest BCUT2D eigenvalue weighted by Crippen LogP contribution is -2.29. The van der Waals surface area contributed by atoms with Gasteiger partial charge in [0.05, 0.1) is 7.11 Å². The molecule has 2 saturated carbocycles. The maximum Gasteiger partial charge on any atom is 0.165 e. The van der Waals surface area contributed by atoms with Crippen molar-refractivity contribution in [3.63, 3.8) is 0 Å². The largest absolute Gasteiger partial charge is 0.494 e. The molecule has 1 aromatic rings. The van der Waals surface area contributed by atoms with Crippen molar-refractivity contribution in [2.75, 3.05) is 7.11 Å². The van der Waals surface area contributed by atoms with Crippen LogP contribution in [0, 0.1) is 23.6 Å². The first kappa shape index (κ1) is 14.6. The zero-order chi connectivity index (χ0) is 14.8. The summed E-state index contributed by atoms with van der Waals surface area (Å²) in [5, 5.41) is 0. The van der Waals surface area contributed by atoms with Gasteiger partial charge in [0.2, 0.25) is 0 Å². The predicted molar refractivity (Wildman–Crippen MR) is 84.1 cm³/mol. The van der Waals surface area contributed by atoms with Crippen LogP contribution in [-0.2, 0) is 0 Å². The third kappa shape index (κ3) is 3.00. The summed E-state index contributed by atoms with van der Waals surface area (Å²) in [6, 6.07) is 5.49. The molecule has 0 N–H and O–H groups in total. The van der Waals surface area contributed by atoms with Gasteiger partial charge in [0.15, 0.2) is 11.6 Å². The quantitative estimate of drug-likeness (QED) is 0.684. The first-order valence-corrected chi connectivity index (χ1v) is 8.17. The van der Waals surface area contributed by atoms with Crippen molar-refractivity contribution in [2.24, 2.45) is 17.8 Å². The number of rotatable bonds is 3. The molecule has 1 unspecified atom stereocenters. The molecule has 0 aromatic heterocycles. The van der Waals surface area contributed by atoms with Crippen molar-refractivity contribution in [1.82, 2.24) is 0 Å². The molecule has 0 amide bonds. The highest BCUT2D eigenvalue weighted by Crippen LogP contribution is 2.47. The lowest BCUT2D eigenvalue weighted by molar-refractivity contribution is 0.133. The van der Waals surface area contributed by atoms with Crippen LogP contribution < -0.4 is 4.74 Å². The first-order valence-electron chi connectivity index (χ1n) is 8.17. The van der Waals surface area contributed by atoms with Gasteiger partial charge in [-0.15, -0.1) is 6.58 Å². The van der Waals surface area contributed by atoms with Crippen LogP contribution in [-0.4, -0.2) is 7.11 Å². The Morgan fingerprint density at radius 3 is 2.62 bits per heavy atom. The first-order chi connectivity index (χ1) is 10.2. The molecule has 0 spiro atoms. The Hall–Kier alpha value is -1.31. The van der Waals surface area contributed by atoms with Crippen LogP contribution >= 0.6 is 0 Å². The van der Waals surface area contributed by atoms with Crippen LogP contribution in [0.2, 0.25) is 0 Å². The minimum Gasteiger partial charge on any atom is -0.494 e. The van der Waals surface area contributed by atoms with Gasteiger partial charge in [-0.05, 0) is 79.9 Å². The van der Waals surface area contributed by atoms with Gasteiger partial charge in [0, 0.05) is 0 Å². The second-order valence-electron chi connectivity index (χ2n) is 6.73. The molecule has 114 valence electrons. The summed E-state index contributed by atoms with van der Waals surface area (Å²) in [7, 11) is 1.52. The molecule has 1 nitrogen and oxygen atoms in total. The van der Waals surface area contributed by atoms with Crippen molar-refractivity contribution in [1.29, 1.82) is 0 Å². The molecule has 3 rings (SSSR count). The standard InChI is InChI=1S/C19H25FO/c1-3-13-4-5-15-11-16(7-6-14(15)10-13)17-8-9-19(21-2)18(20)12-17/h3,8-9,12-16H,1,4-7,10-11H2,2H3/t13-,14-,15-,16?/m1/s1. The minimum atomic E-state index is -0.229. The number of fused-ring (bicyclic) bond motifs is 1. The van der Waals surface area contributed by atoms with E-state index in [0.717, 1.165) is 23.3 Å². The Balaban J connectivity index is 1.69. The monoisotopic (exact) mass is 288 g/mol. The number of allylic oxidation sites excluding steroid dienone is 1. The van der Waals surface area contributed by atoms with E-state index in [1.807, 2.05) is 6.07 Å². The molecule has 2 aliphatic rings. The zero-order valence-corrected chi connectivity index (χ0v) is 12.9. The van der Waals surface area contributed by atoms with E-state index in [1.54, 1.807) is 12.1 Å². The van der Waals surface area contributed by atoms with Crippen LogP contribution in [0.15, 0.2) is 30.9 Å². The van der Waals surface area contributed by atoms with E-state index in [9.17, 15) is 4.39 Å². The predicted octanol–water partition coefficient (Wildman–Crippen LogP) is 5.32. The highest BCUT2D eigenvalue weighted by atomic mass is 19.1. The average Bonchev–Trinajstić information content (AvgIpc) is 2.53. The maximum absolute atomic E-state index is 13.9. The number of benzene rings is 1. The lowest BCUT2D eigenvalue weighted by atomic mass is 9.64. The molecule has 0 heterocycles. The summed E-state index contributed by atoms with van der Waals surface area (Å²) in [6.45, 7) is 3.96. The second kappa shape index (κ2) is 6.21. The Morgan fingerprint density at radius 1 is 1.14 bits per heavy atom. The summed E-state index contributed by atoms with van der Waals surface area (Å²) in [6.07, 6.45) is 9.76. The van der Waals surface area contributed by atoms with Gasteiger partial charge in [0.1, 0.15) is 0 Å². The molecule has 2 fully saturated rings. The van der Waals surface area contributed by atoms with Gasteiger partial charge in [-0.2, -0.15) is 0 Å². The Labute approximate surface area is 127 Å². The highest BCUT2D eigenvalue weighted by molar-refractivity contribution is 5.31. The summed E-state index contributed by atoms with van der Waals surface area (Å²) in [4.78, 5) is 0. The smallest absolute Gasteiger partial charge is 0.165 e. The number of hydrogen-bond acceptors (Lipinski definition) is 1. The van der Waals surface area contributed by atoms with E-state index in [2.05, 4.69) is 12.7 Å². The van der Waals surface area contributed by atoms with Crippen LogP contribution in [0.4, 0.5) is 4.39 Å². The number of halogens is 1. The van der Waals surface area contributed by atoms with E-state index in [1.165, 1.54) is 45.6 Å². The van der Waals surface area contributed by atoms with Crippen molar-refractivity contribution in [3.8, 4) is 5.75 Å². The van der Waals surface area contributed by atoms with Crippen LogP contribution in [0.25, 0.3) is 0 Å². The minimum absolute atomic E-state index is 0.229. The molecular formula is C19H25FO. The molecular weight excluding hydrogens is 263 g/mol. The van der Waals surface area contributed by atoms with Gasteiger partial charge >= 0.3 is 0 Å². The van der Waals surface area contributed by atoms with Crippen molar-refractivity contribution in [3.05, 3.63) is 42.2 Å². The highest BCUT2D eigenvalue weighted by Gasteiger charge is 2.35. The summed E-state index contributed by atoms with van der Waals surface area (Å²) >= 11 is 0. The van der Waals surface area contributed by atoms with Crippen LogP contribution in [0.5, 0.6) is 5.75 Å². The summed E-state index contributed by atoms with van der Waals surface area (Å²) in [5.41, 5.74) is 1.15. The average molecular weight is 288 g/mol. The van der Waals surface area contributed by atoms with E-state index in [-0.39, 0.29) is 5.82 Å². The van der Waals surface area contributed by atoms with Gasteiger partial charge in [-0.25, -0.2) is 4.39 Å². The Kier molecular flexibility index (Phi) is 4.32. The molecule has 21 heavy (non-hydrogen) atoms. The van der Waals surface area contributed by atoms with Gasteiger partial charge < -0.3 is 4.74 Å². The van der Waals surface area contributed by atoms with Gasteiger partial charge in [-0.1, -0.05) is 12.1 Å². The SMILES string of the molecule is C=C[C@@H]1CC[C@@H]2CC(c3ccc(OC)c(F)c3)CC[C@@H]2C1. The number of ether oxygens (including phenoxy) is 1. The van der Waals surface area contributed by atoms with Crippen molar-refractivity contribution >= 4 is 0 Å². The Bertz CT molecular complexity index is 510. The molecule has 0 radical (unpaired) electrons. The van der Waals surface area contributed by atoms with E-state index >= 15 is 0 Å². The van der Waals surface area contributed by atoms with E-state index < -0.39 is 0 Å². The fourth-order valence-electron chi connectivity index (χ4n) is 4.38. The van der Waals surface area contributed by atoms with Crippen LogP contribution in [0.1, 0.15) is 50.0 Å². The van der Waals surface area contributed by atoms with E-state index in [0.29, 0.717) is 11.7 Å². The molecule has 2 aliphatic carbocycles. The lowest BCUT2D eigenvalue weighted by Gasteiger charge is -2.41. The fourth-order valence-corrected chi connectivity index (χ4v) is 4.38. The molecule has 2 heteroatoms. The van der Waals surface area contributed by atoms with Crippen molar-refractivity contribution in [2.45, 2.75) is 44.4 Å². The van der Waals surface area contributed by atoms with Gasteiger partial charge in [-0.3, -0.25) is 0 Å². The zero-order valence-electron chi connectivity index (χ0n) is 12.9. The molecule has 0 bridgehead atoms. The molecule has 4 atom stereocenters. The molecule has 1 aromatic carbocycles. The van der Waals surface area contributed by atoms with Crippen LogP contribution in [0.3, 0.4) is 0 Å². The number of hydrogen-bond donors (Lipinski definition) is 0. The summed E-state index contributed by atoms with van der Waals surface area (Å²) in [5.74, 6) is 3.05.